The molecule has 3 rings (SSSR count). The van der Waals surface area contributed by atoms with Gasteiger partial charge in [0.05, 0.1) is 0 Å². The molecule has 0 bridgehead atoms. The SMILES string of the molecule is Cc1ccccc1C(=O)NCc1cncc(-c2ccsc2)c1. The average Bonchev–Trinajstić information content (AvgIpc) is 3.08. The molecule has 0 saturated carbocycles. The Morgan fingerprint density at radius 1 is 1.18 bits per heavy atom. The van der Waals surface area contributed by atoms with Gasteiger partial charge >= 0.3 is 0 Å². The molecule has 1 aromatic carbocycles. The summed E-state index contributed by atoms with van der Waals surface area (Å²) in [6, 6.07) is 11.7. The zero-order chi connectivity index (χ0) is 15.4. The van der Waals surface area contributed by atoms with Crippen molar-refractivity contribution in [2.75, 3.05) is 0 Å². The van der Waals surface area contributed by atoms with Gasteiger partial charge in [-0.25, -0.2) is 0 Å². The van der Waals surface area contributed by atoms with Gasteiger partial charge in [-0.05, 0) is 52.6 Å². The summed E-state index contributed by atoms with van der Waals surface area (Å²) in [5.74, 6) is -0.0564. The van der Waals surface area contributed by atoms with Crippen molar-refractivity contribution in [3.8, 4) is 11.1 Å². The van der Waals surface area contributed by atoms with Gasteiger partial charge in [0.15, 0.2) is 0 Å². The van der Waals surface area contributed by atoms with Crippen LogP contribution in [0.25, 0.3) is 11.1 Å². The van der Waals surface area contributed by atoms with Gasteiger partial charge < -0.3 is 5.32 Å². The second-order valence-electron chi connectivity index (χ2n) is 5.09. The summed E-state index contributed by atoms with van der Waals surface area (Å²) in [6.45, 7) is 2.41. The summed E-state index contributed by atoms with van der Waals surface area (Å²) in [5, 5.41) is 7.09. The number of pyridine rings is 1. The molecule has 0 aliphatic carbocycles. The van der Waals surface area contributed by atoms with Crippen molar-refractivity contribution in [3.63, 3.8) is 0 Å². The second-order valence-corrected chi connectivity index (χ2v) is 5.87. The first-order valence-corrected chi connectivity index (χ1v) is 7.98. The number of aromatic nitrogens is 1. The standard InChI is InChI=1S/C18H16N2OS/c1-13-4-2-3-5-17(13)18(21)20-10-14-8-16(11-19-9-14)15-6-7-22-12-15/h2-9,11-12H,10H2,1H3,(H,20,21). The monoisotopic (exact) mass is 308 g/mol. The number of benzene rings is 1. The lowest BCUT2D eigenvalue weighted by atomic mass is 10.1. The number of nitrogens with one attached hydrogen (secondary N) is 1. The lowest BCUT2D eigenvalue weighted by Gasteiger charge is -2.08. The summed E-state index contributed by atoms with van der Waals surface area (Å²) in [6.07, 6.45) is 3.63. The normalized spacial score (nSPS) is 10.4. The van der Waals surface area contributed by atoms with E-state index in [0.717, 1.165) is 22.3 Å². The zero-order valence-corrected chi connectivity index (χ0v) is 13.1. The van der Waals surface area contributed by atoms with Crippen LogP contribution < -0.4 is 5.32 Å². The quantitative estimate of drug-likeness (QED) is 0.790. The van der Waals surface area contributed by atoms with E-state index < -0.39 is 0 Å². The highest BCUT2D eigenvalue weighted by Gasteiger charge is 2.08. The number of nitrogens with zero attached hydrogens (tertiary/aromatic N) is 1. The van der Waals surface area contributed by atoms with Crippen LogP contribution in [0.3, 0.4) is 0 Å². The van der Waals surface area contributed by atoms with E-state index in [9.17, 15) is 4.79 Å². The average molecular weight is 308 g/mol. The summed E-state index contributed by atoms with van der Waals surface area (Å²) < 4.78 is 0. The molecular weight excluding hydrogens is 292 g/mol. The molecule has 110 valence electrons. The highest BCUT2D eigenvalue weighted by atomic mass is 32.1. The van der Waals surface area contributed by atoms with Gasteiger partial charge in [-0.1, -0.05) is 18.2 Å². The summed E-state index contributed by atoms with van der Waals surface area (Å²) in [5.41, 5.74) is 4.91. The number of thiophene rings is 1. The molecule has 3 nitrogen and oxygen atoms in total. The Balaban J connectivity index is 1.71. The predicted octanol–water partition coefficient (Wildman–Crippen LogP) is 4.05. The number of amides is 1. The van der Waals surface area contributed by atoms with Crippen molar-refractivity contribution >= 4 is 17.2 Å². The van der Waals surface area contributed by atoms with E-state index in [1.54, 1.807) is 17.5 Å². The highest BCUT2D eigenvalue weighted by Crippen LogP contribution is 2.21. The lowest BCUT2D eigenvalue weighted by molar-refractivity contribution is 0.0950. The van der Waals surface area contributed by atoms with Crippen LogP contribution in [0.1, 0.15) is 21.5 Å². The van der Waals surface area contributed by atoms with Crippen LogP contribution in [0.4, 0.5) is 0 Å². The Hall–Kier alpha value is -2.46. The lowest BCUT2D eigenvalue weighted by Crippen LogP contribution is -2.23. The van der Waals surface area contributed by atoms with E-state index in [-0.39, 0.29) is 5.91 Å². The first kappa shape index (κ1) is 14.5. The van der Waals surface area contributed by atoms with Crippen molar-refractivity contribution in [2.45, 2.75) is 13.5 Å². The number of rotatable bonds is 4. The van der Waals surface area contributed by atoms with E-state index in [2.05, 4.69) is 27.8 Å². The number of aryl methyl sites for hydroxylation is 1. The molecule has 1 amide bonds. The number of carbonyl (C=O) groups excluding carboxylic acids is 1. The first-order chi connectivity index (χ1) is 10.7. The Labute approximate surface area is 133 Å². The molecule has 4 heteroatoms. The summed E-state index contributed by atoms with van der Waals surface area (Å²) >= 11 is 1.66. The third-order valence-electron chi connectivity index (χ3n) is 3.49. The third-order valence-corrected chi connectivity index (χ3v) is 4.18. The second kappa shape index (κ2) is 6.54. The summed E-state index contributed by atoms with van der Waals surface area (Å²) in [4.78, 5) is 16.5. The smallest absolute Gasteiger partial charge is 0.251 e. The molecule has 0 aliphatic rings. The van der Waals surface area contributed by atoms with Crippen LogP contribution in [0.15, 0.2) is 59.6 Å². The third kappa shape index (κ3) is 3.23. The molecule has 1 N–H and O–H groups in total. The van der Waals surface area contributed by atoms with Crippen molar-refractivity contribution in [3.05, 3.63) is 76.2 Å². The molecule has 0 unspecified atom stereocenters. The fraction of sp³-hybridized carbons (Fsp3) is 0.111. The van der Waals surface area contributed by atoms with Gasteiger partial charge in [-0.3, -0.25) is 9.78 Å². The Kier molecular flexibility index (Phi) is 4.30. The van der Waals surface area contributed by atoms with Gasteiger partial charge in [0, 0.05) is 30.1 Å². The van der Waals surface area contributed by atoms with E-state index in [1.807, 2.05) is 42.8 Å². The Bertz CT molecular complexity index is 781. The number of hydrogen-bond donors (Lipinski definition) is 1. The van der Waals surface area contributed by atoms with Gasteiger partial charge in [0.25, 0.3) is 5.91 Å². The first-order valence-electron chi connectivity index (χ1n) is 7.04. The van der Waals surface area contributed by atoms with Gasteiger partial charge in [-0.15, -0.1) is 0 Å². The maximum atomic E-state index is 12.2. The number of hydrogen-bond acceptors (Lipinski definition) is 3. The Morgan fingerprint density at radius 2 is 2.05 bits per heavy atom. The molecule has 0 radical (unpaired) electrons. The topological polar surface area (TPSA) is 42.0 Å². The van der Waals surface area contributed by atoms with E-state index >= 15 is 0 Å². The van der Waals surface area contributed by atoms with E-state index in [0.29, 0.717) is 12.1 Å². The van der Waals surface area contributed by atoms with E-state index in [1.165, 1.54) is 0 Å². The largest absolute Gasteiger partial charge is 0.348 e. The minimum Gasteiger partial charge on any atom is -0.348 e. The van der Waals surface area contributed by atoms with Crippen LogP contribution in [-0.2, 0) is 6.54 Å². The molecule has 3 aromatic rings. The van der Waals surface area contributed by atoms with Gasteiger partial charge in [-0.2, -0.15) is 11.3 Å². The van der Waals surface area contributed by atoms with Crippen LogP contribution in [-0.4, -0.2) is 10.9 Å². The maximum absolute atomic E-state index is 12.2. The fourth-order valence-electron chi connectivity index (χ4n) is 2.28. The Morgan fingerprint density at radius 3 is 2.82 bits per heavy atom. The maximum Gasteiger partial charge on any atom is 0.251 e. The number of carbonyl (C=O) groups is 1. The molecule has 2 heterocycles. The van der Waals surface area contributed by atoms with E-state index in [4.69, 9.17) is 0 Å². The minimum atomic E-state index is -0.0564. The molecule has 2 aromatic heterocycles. The highest BCUT2D eigenvalue weighted by molar-refractivity contribution is 7.08. The molecule has 0 spiro atoms. The van der Waals surface area contributed by atoms with Crippen molar-refractivity contribution in [1.82, 2.24) is 10.3 Å². The molecule has 0 saturated heterocycles. The van der Waals surface area contributed by atoms with Crippen LogP contribution in [0, 0.1) is 6.92 Å². The molecule has 0 atom stereocenters. The fourth-order valence-corrected chi connectivity index (χ4v) is 2.94. The zero-order valence-electron chi connectivity index (χ0n) is 12.2. The molecule has 22 heavy (non-hydrogen) atoms. The van der Waals surface area contributed by atoms with Crippen molar-refractivity contribution < 1.29 is 4.79 Å². The van der Waals surface area contributed by atoms with Gasteiger partial charge in [0.1, 0.15) is 0 Å². The summed E-state index contributed by atoms with van der Waals surface area (Å²) in [7, 11) is 0. The van der Waals surface area contributed by atoms with Crippen molar-refractivity contribution in [1.29, 1.82) is 0 Å². The predicted molar refractivity (Wildman–Crippen MR) is 89.9 cm³/mol. The van der Waals surface area contributed by atoms with Crippen molar-refractivity contribution in [2.24, 2.45) is 0 Å². The molecular formula is C18H16N2OS. The van der Waals surface area contributed by atoms with Crippen LogP contribution in [0.2, 0.25) is 0 Å². The van der Waals surface area contributed by atoms with Gasteiger partial charge in [0.2, 0.25) is 0 Å². The minimum absolute atomic E-state index is 0.0564. The molecule has 0 aliphatic heterocycles. The molecule has 0 fully saturated rings. The van der Waals surface area contributed by atoms with Crippen LogP contribution in [0.5, 0.6) is 0 Å². The van der Waals surface area contributed by atoms with Crippen LogP contribution >= 0.6 is 11.3 Å².